The maximum absolute atomic E-state index is 6.50. The Balaban J connectivity index is 1.89. The summed E-state index contributed by atoms with van der Waals surface area (Å²) in [5, 5.41) is 4.15. The fourth-order valence-corrected chi connectivity index (χ4v) is 12.6. The van der Waals surface area contributed by atoms with Gasteiger partial charge in [0.2, 0.25) is 0 Å². The molecule has 0 aromatic heterocycles. The van der Waals surface area contributed by atoms with Crippen LogP contribution in [0.5, 0.6) is 0 Å². The third-order valence-electron chi connectivity index (χ3n) is 6.95. The van der Waals surface area contributed by atoms with Crippen molar-refractivity contribution in [3.63, 3.8) is 0 Å². The Bertz CT molecular complexity index is 296. The third-order valence-corrected chi connectivity index (χ3v) is 13.0. The zero-order valence-electron chi connectivity index (χ0n) is 14.4. The Kier molecular flexibility index (Phi) is 6.00. The summed E-state index contributed by atoms with van der Waals surface area (Å²) in [5.74, 6) is 0. The quantitative estimate of drug-likeness (QED) is 0.319. The van der Waals surface area contributed by atoms with Gasteiger partial charge < -0.3 is 4.53 Å². The molecule has 0 heterocycles. The number of oxime groups is 1. The summed E-state index contributed by atoms with van der Waals surface area (Å²) in [4.78, 5) is 0. The van der Waals surface area contributed by atoms with Crippen molar-refractivity contribution in [3.05, 3.63) is 0 Å². The second-order valence-electron chi connectivity index (χ2n) is 8.08. The van der Waals surface area contributed by atoms with E-state index in [1.807, 2.05) is 0 Å². The largest absolute Gasteiger partial charge is 0.454 e. The maximum atomic E-state index is 6.50. The van der Waals surface area contributed by atoms with Crippen molar-refractivity contribution in [1.29, 1.82) is 0 Å². The van der Waals surface area contributed by atoms with Gasteiger partial charge in [0.15, 0.2) is 0 Å². The van der Waals surface area contributed by atoms with Crippen LogP contribution < -0.4 is 0 Å². The van der Waals surface area contributed by atoms with E-state index in [2.05, 4.69) is 11.9 Å². The molecule has 126 valence electrons. The van der Waals surface area contributed by atoms with Crippen LogP contribution in [0.1, 0.15) is 96.3 Å². The smallest absolute Gasteiger partial charge is 0.296 e. The molecule has 3 saturated carbocycles. The van der Waals surface area contributed by atoms with Crippen molar-refractivity contribution in [2.45, 2.75) is 113 Å². The molecular weight excluding hydrogens is 286 g/mol. The van der Waals surface area contributed by atoms with Crippen LogP contribution in [0, 0.1) is 0 Å². The Labute approximate surface area is 138 Å². The van der Waals surface area contributed by atoms with Crippen LogP contribution in [0.3, 0.4) is 0 Å². The van der Waals surface area contributed by atoms with Crippen molar-refractivity contribution >= 4 is 15.0 Å². The monoisotopic (exact) mass is 321 g/mol. The lowest BCUT2D eigenvalue weighted by Crippen LogP contribution is -2.52. The van der Waals surface area contributed by atoms with E-state index >= 15 is 0 Å². The maximum Gasteiger partial charge on any atom is 0.296 e. The molecule has 3 aliphatic rings. The van der Waals surface area contributed by atoms with E-state index in [9.17, 15) is 0 Å². The normalized spacial score (nSPS) is 26.7. The van der Waals surface area contributed by atoms with E-state index in [1.165, 1.54) is 96.3 Å². The van der Waals surface area contributed by atoms with Crippen LogP contribution in [-0.4, -0.2) is 15.0 Å². The lowest BCUT2D eigenvalue weighted by Gasteiger charge is -2.49. The zero-order chi connectivity index (χ0) is 15.3. The fraction of sp³-hybridized carbons (Fsp3) is 0.947. The summed E-state index contributed by atoms with van der Waals surface area (Å²) in [6.45, 7) is 3.79. The minimum Gasteiger partial charge on any atom is -0.454 e. The minimum absolute atomic E-state index is 0.873. The van der Waals surface area contributed by atoms with E-state index in [4.69, 9.17) is 4.53 Å². The first-order valence-electron chi connectivity index (χ1n) is 10.0. The van der Waals surface area contributed by atoms with Gasteiger partial charge in [-0.15, -0.1) is 5.16 Å². The minimum atomic E-state index is -1.82. The molecule has 0 amide bonds. The molecule has 22 heavy (non-hydrogen) atoms. The van der Waals surface area contributed by atoms with Crippen LogP contribution >= 0.6 is 0 Å². The Hall–Kier alpha value is -0.313. The van der Waals surface area contributed by atoms with Gasteiger partial charge in [-0.05, 0) is 55.1 Å². The molecule has 0 aliphatic heterocycles. The molecule has 3 heteroatoms. The number of hydrogen-bond donors (Lipinski definition) is 0. The molecule has 0 aromatic rings. The summed E-state index contributed by atoms with van der Waals surface area (Å²) in [7, 11) is -1.82. The summed E-state index contributed by atoms with van der Waals surface area (Å²) in [5.41, 5.74) is 2.62. The first-order valence-corrected chi connectivity index (χ1v) is 12.2. The first kappa shape index (κ1) is 16.5. The van der Waals surface area contributed by atoms with Gasteiger partial charge in [0, 0.05) is 6.72 Å². The van der Waals surface area contributed by atoms with E-state index in [1.54, 1.807) is 0 Å². The van der Waals surface area contributed by atoms with Crippen LogP contribution in [-0.2, 0) is 4.53 Å². The summed E-state index contributed by atoms with van der Waals surface area (Å²) in [6, 6.07) is 0. The predicted molar refractivity (Wildman–Crippen MR) is 96.9 cm³/mol. The van der Waals surface area contributed by atoms with E-state index < -0.39 is 8.32 Å². The van der Waals surface area contributed by atoms with Gasteiger partial charge in [-0.1, -0.05) is 57.8 Å². The highest BCUT2D eigenvalue weighted by Crippen LogP contribution is 2.57. The molecule has 0 radical (unpaired) electrons. The summed E-state index contributed by atoms with van der Waals surface area (Å²) >= 11 is 0. The molecule has 3 fully saturated rings. The van der Waals surface area contributed by atoms with Crippen LogP contribution in [0.15, 0.2) is 5.16 Å². The SMILES string of the molecule is C=NO[Si](C1CCCCC1)(C1CCCCC1)C1CCCCC1. The Morgan fingerprint density at radius 1 is 0.591 bits per heavy atom. The Morgan fingerprint density at radius 3 is 1.18 bits per heavy atom. The lowest BCUT2D eigenvalue weighted by molar-refractivity contribution is 0.251. The average Bonchev–Trinajstić information content (AvgIpc) is 2.62. The van der Waals surface area contributed by atoms with E-state index in [0.29, 0.717) is 0 Å². The number of hydrogen-bond acceptors (Lipinski definition) is 2. The van der Waals surface area contributed by atoms with Gasteiger partial charge in [0.1, 0.15) is 0 Å². The van der Waals surface area contributed by atoms with Crippen molar-refractivity contribution in [3.8, 4) is 0 Å². The molecule has 3 aliphatic carbocycles. The zero-order valence-corrected chi connectivity index (χ0v) is 15.4. The summed E-state index contributed by atoms with van der Waals surface area (Å²) < 4.78 is 6.50. The highest BCUT2D eigenvalue weighted by atomic mass is 28.4. The van der Waals surface area contributed by atoms with Gasteiger partial charge in [-0.3, -0.25) is 0 Å². The second kappa shape index (κ2) is 7.99. The van der Waals surface area contributed by atoms with Gasteiger partial charge >= 0.3 is 0 Å². The van der Waals surface area contributed by atoms with E-state index in [0.717, 1.165) is 16.6 Å². The molecule has 0 unspecified atom stereocenters. The van der Waals surface area contributed by atoms with Gasteiger partial charge in [-0.25, -0.2) is 0 Å². The molecule has 0 saturated heterocycles. The molecule has 2 nitrogen and oxygen atoms in total. The Morgan fingerprint density at radius 2 is 0.909 bits per heavy atom. The molecule has 0 bridgehead atoms. The molecule has 0 N–H and O–H groups in total. The molecule has 3 rings (SSSR count). The van der Waals surface area contributed by atoms with E-state index in [-0.39, 0.29) is 0 Å². The van der Waals surface area contributed by atoms with Gasteiger partial charge in [0.25, 0.3) is 8.32 Å². The highest BCUT2D eigenvalue weighted by molar-refractivity contribution is 6.78. The molecule has 0 atom stereocenters. The highest BCUT2D eigenvalue weighted by Gasteiger charge is 2.57. The van der Waals surface area contributed by atoms with Crippen LogP contribution in [0.25, 0.3) is 0 Å². The topological polar surface area (TPSA) is 21.6 Å². The van der Waals surface area contributed by atoms with Crippen molar-refractivity contribution in [2.75, 3.05) is 0 Å². The second-order valence-corrected chi connectivity index (χ2v) is 12.4. The van der Waals surface area contributed by atoms with Gasteiger partial charge in [0.05, 0.1) is 0 Å². The fourth-order valence-electron chi connectivity index (χ4n) is 6.00. The van der Waals surface area contributed by atoms with Crippen LogP contribution in [0.2, 0.25) is 16.6 Å². The summed E-state index contributed by atoms with van der Waals surface area (Å²) in [6.07, 6.45) is 21.5. The first-order chi connectivity index (χ1) is 10.9. The van der Waals surface area contributed by atoms with Crippen molar-refractivity contribution < 1.29 is 4.53 Å². The molecular formula is C19H35NOSi. The lowest BCUT2D eigenvalue weighted by atomic mass is 9.98. The number of nitrogens with zero attached hydrogens (tertiary/aromatic N) is 1. The third kappa shape index (κ3) is 3.29. The average molecular weight is 322 g/mol. The van der Waals surface area contributed by atoms with Crippen LogP contribution in [0.4, 0.5) is 0 Å². The van der Waals surface area contributed by atoms with Crippen molar-refractivity contribution in [2.24, 2.45) is 5.16 Å². The standard InChI is InChI=1S/C19H35NOSi/c1-20-21-22(17-11-5-2-6-12-17,18-13-7-3-8-14-18)19-15-9-4-10-16-19/h17-19H,1-16H2. The van der Waals surface area contributed by atoms with Crippen molar-refractivity contribution in [1.82, 2.24) is 0 Å². The molecule has 0 spiro atoms. The number of rotatable bonds is 5. The predicted octanol–water partition coefficient (Wildman–Crippen LogP) is 6.57. The molecule has 0 aromatic carbocycles. The van der Waals surface area contributed by atoms with Gasteiger partial charge in [-0.2, -0.15) is 0 Å².